The van der Waals surface area contributed by atoms with Gasteiger partial charge in [0.05, 0.1) is 19.3 Å². The molecule has 0 aromatic rings. The van der Waals surface area contributed by atoms with Crippen molar-refractivity contribution in [2.45, 2.75) is 37.1 Å². The molecule has 172 valence electrons. The predicted molar refractivity (Wildman–Crippen MR) is 111 cm³/mol. The molecule has 0 spiro atoms. The van der Waals surface area contributed by atoms with Gasteiger partial charge in [0.25, 0.3) is 0 Å². The van der Waals surface area contributed by atoms with Gasteiger partial charge < -0.3 is 42.3 Å². The van der Waals surface area contributed by atoms with Crippen LogP contribution in [-0.4, -0.2) is 99.8 Å². The number of carboxylic acid groups (broad SMARTS) is 1. The van der Waals surface area contributed by atoms with Crippen LogP contribution in [0.3, 0.4) is 0 Å². The lowest BCUT2D eigenvalue weighted by Gasteiger charge is -2.23. The molecule has 0 rings (SSSR count). The van der Waals surface area contributed by atoms with Crippen LogP contribution < -0.4 is 27.0 Å². The topological polar surface area (TPSA) is 220 Å². The normalized spacial score (nSPS) is 15.7. The van der Waals surface area contributed by atoms with Gasteiger partial charge in [0.15, 0.2) is 0 Å². The fourth-order valence-corrected chi connectivity index (χ4v) is 2.30. The van der Waals surface area contributed by atoms with E-state index in [1.165, 1.54) is 6.92 Å². The standard InChI is InChI=1S/C15H27N5O8S2/c1-6(17-13(25)8(2-21)19-12(24)7(16)4-29)11(23)18-9(3-22)14(26)20-10(5-30)15(27)28/h6-10,21-22,29-30H,2-5,16H2,1H3,(H,17,25)(H,18,23)(H,19,24)(H,20,26)(H,27,28)/t6-,7-,8-,9-,10-/m1/s1. The zero-order valence-electron chi connectivity index (χ0n) is 16.1. The van der Waals surface area contributed by atoms with Gasteiger partial charge in [-0.15, -0.1) is 0 Å². The zero-order chi connectivity index (χ0) is 23.4. The second-order valence-electron chi connectivity index (χ2n) is 6.09. The van der Waals surface area contributed by atoms with Crippen LogP contribution in [0.15, 0.2) is 0 Å². The Morgan fingerprint density at radius 3 is 1.60 bits per heavy atom. The Kier molecular flexibility index (Phi) is 13.1. The van der Waals surface area contributed by atoms with Gasteiger partial charge in [0.2, 0.25) is 23.6 Å². The van der Waals surface area contributed by atoms with Gasteiger partial charge >= 0.3 is 5.97 Å². The van der Waals surface area contributed by atoms with Gasteiger partial charge in [-0.1, -0.05) is 0 Å². The first kappa shape index (κ1) is 27.9. The van der Waals surface area contributed by atoms with Gasteiger partial charge in [0.1, 0.15) is 24.2 Å². The van der Waals surface area contributed by atoms with Gasteiger partial charge in [-0.25, -0.2) is 4.79 Å². The largest absolute Gasteiger partial charge is 0.480 e. The maximum Gasteiger partial charge on any atom is 0.327 e. The number of amides is 4. The van der Waals surface area contributed by atoms with Gasteiger partial charge in [-0.05, 0) is 6.92 Å². The van der Waals surface area contributed by atoms with Crippen molar-refractivity contribution in [2.24, 2.45) is 5.73 Å². The number of carbonyl (C=O) groups excluding carboxylic acids is 4. The molecular weight excluding hydrogens is 442 g/mol. The Morgan fingerprint density at radius 1 is 0.767 bits per heavy atom. The monoisotopic (exact) mass is 469 g/mol. The lowest BCUT2D eigenvalue weighted by molar-refractivity contribution is -0.141. The third-order valence-corrected chi connectivity index (χ3v) is 4.47. The number of hydrogen-bond acceptors (Lipinski definition) is 10. The number of carbonyl (C=O) groups is 5. The SMILES string of the molecule is C[C@@H](NC(=O)[C@@H](CO)NC(=O)[C@H](N)CS)C(=O)N[C@H](CO)C(=O)N[C@H](CS)C(=O)O. The quantitative estimate of drug-likeness (QED) is 0.117. The fraction of sp³-hybridized carbons (Fsp3) is 0.667. The minimum absolute atomic E-state index is 0.00494. The molecule has 0 aliphatic rings. The minimum Gasteiger partial charge on any atom is -0.480 e. The van der Waals surface area contributed by atoms with E-state index in [4.69, 9.17) is 10.8 Å². The van der Waals surface area contributed by atoms with Crippen molar-refractivity contribution in [3.05, 3.63) is 0 Å². The molecule has 0 saturated heterocycles. The van der Waals surface area contributed by atoms with Crippen LogP contribution in [0.2, 0.25) is 0 Å². The molecule has 0 heterocycles. The average Bonchev–Trinajstić information content (AvgIpc) is 2.71. The summed E-state index contributed by atoms with van der Waals surface area (Å²) in [7, 11) is 0. The number of aliphatic hydroxyl groups is 2. The van der Waals surface area contributed by atoms with Crippen molar-refractivity contribution in [2.75, 3.05) is 24.7 Å². The van der Waals surface area contributed by atoms with Crippen LogP contribution in [0.5, 0.6) is 0 Å². The molecule has 0 aromatic carbocycles. The lowest BCUT2D eigenvalue weighted by atomic mass is 10.2. The zero-order valence-corrected chi connectivity index (χ0v) is 17.9. The van der Waals surface area contributed by atoms with Crippen LogP contribution in [0.1, 0.15) is 6.92 Å². The summed E-state index contributed by atoms with van der Waals surface area (Å²) < 4.78 is 0. The van der Waals surface area contributed by atoms with Gasteiger partial charge in [-0.3, -0.25) is 19.2 Å². The first-order valence-corrected chi connectivity index (χ1v) is 9.92. The Balaban J connectivity index is 4.89. The maximum absolute atomic E-state index is 12.2. The summed E-state index contributed by atoms with van der Waals surface area (Å²) in [6.45, 7) is -0.357. The van der Waals surface area contributed by atoms with Crippen LogP contribution in [-0.2, 0) is 24.0 Å². The number of aliphatic carboxylic acids is 1. The van der Waals surface area contributed by atoms with E-state index in [-0.39, 0.29) is 11.5 Å². The minimum atomic E-state index is -1.49. The molecule has 30 heavy (non-hydrogen) atoms. The van der Waals surface area contributed by atoms with Crippen molar-refractivity contribution in [1.82, 2.24) is 21.3 Å². The lowest BCUT2D eigenvalue weighted by Crippen LogP contribution is -2.59. The van der Waals surface area contributed by atoms with E-state index in [0.29, 0.717) is 0 Å². The Morgan fingerprint density at radius 2 is 1.20 bits per heavy atom. The average molecular weight is 470 g/mol. The second kappa shape index (κ2) is 14.0. The van der Waals surface area contributed by atoms with Crippen LogP contribution in [0.25, 0.3) is 0 Å². The first-order chi connectivity index (χ1) is 14.0. The summed E-state index contributed by atoms with van der Waals surface area (Å²) >= 11 is 7.63. The summed E-state index contributed by atoms with van der Waals surface area (Å²) in [6.07, 6.45) is 0. The van der Waals surface area contributed by atoms with E-state index in [2.05, 4.69) is 46.5 Å². The van der Waals surface area contributed by atoms with Crippen molar-refractivity contribution in [1.29, 1.82) is 0 Å². The van der Waals surface area contributed by atoms with E-state index in [0.717, 1.165) is 0 Å². The number of nitrogens with two attached hydrogens (primary N) is 1. The highest BCUT2D eigenvalue weighted by atomic mass is 32.1. The molecule has 0 fully saturated rings. The van der Waals surface area contributed by atoms with Crippen molar-refractivity contribution < 1.29 is 39.3 Å². The highest BCUT2D eigenvalue weighted by Crippen LogP contribution is 1.95. The van der Waals surface area contributed by atoms with Crippen molar-refractivity contribution >= 4 is 54.9 Å². The molecule has 0 aromatic heterocycles. The molecule has 0 aliphatic carbocycles. The van der Waals surface area contributed by atoms with Crippen LogP contribution >= 0.6 is 25.3 Å². The van der Waals surface area contributed by atoms with Crippen molar-refractivity contribution in [3.8, 4) is 0 Å². The van der Waals surface area contributed by atoms with E-state index < -0.39 is 73.0 Å². The van der Waals surface area contributed by atoms with Crippen LogP contribution in [0.4, 0.5) is 0 Å². The first-order valence-electron chi connectivity index (χ1n) is 8.65. The van der Waals surface area contributed by atoms with E-state index in [1.807, 2.05) is 0 Å². The molecule has 5 atom stereocenters. The summed E-state index contributed by atoms with van der Waals surface area (Å²) in [5.41, 5.74) is 5.46. The van der Waals surface area contributed by atoms with E-state index in [1.54, 1.807) is 0 Å². The van der Waals surface area contributed by atoms with E-state index in [9.17, 15) is 34.2 Å². The molecule has 15 heteroatoms. The number of hydrogen-bond donors (Lipinski definition) is 10. The third kappa shape index (κ3) is 9.17. The third-order valence-electron chi connectivity index (χ3n) is 3.71. The number of carboxylic acids is 1. The smallest absolute Gasteiger partial charge is 0.327 e. The molecule has 4 amide bonds. The van der Waals surface area contributed by atoms with Gasteiger partial charge in [0, 0.05) is 11.5 Å². The summed E-state index contributed by atoms with van der Waals surface area (Å²) in [5.74, 6) is -5.04. The Labute approximate surface area is 183 Å². The highest BCUT2D eigenvalue weighted by molar-refractivity contribution is 7.80. The molecule has 0 radical (unpaired) electrons. The molecular formula is C15H27N5O8S2. The molecule has 0 unspecified atom stereocenters. The second-order valence-corrected chi connectivity index (χ2v) is 6.82. The highest BCUT2D eigenvalue weighted by Gasteiger charge is 2.29. The predicted octanol–water partition coefficient (Wildman–Crippen LogP) is -4.80. The van der Waals surface area contributed by atoms with E-state index >= 15 is 0 Å². The molecule has 13 nitrogen and oxygen atoms in total. The summed E-state index contributed by atoms with van der Waals surface area (Å²) in [4.78, 5) is 59.0. The number of thiol groups is 2. The summed E-state index contributed by atoms with van der Waals surface area (Å²) in [6, 6.07) is -6.44. The number of aliphatic hydroxyl groups excluding tert-OH is 2. The molecule has 0 aliphatic heterocycles. The molecule has 0 saturated carbocycles. The number of rotatable bonds is 13. The molecule has 9 N–H and O–H groups in total. The Bertz CT molecular complexity index is 638. The maximum atomic E-state index is 12.2. The summed E-state index contributed by atoms with van der Waals surface area (Å²) in [5, 5.41) is 36.2. The fourth-order valence-electron chi connectivity index (χ4n) is 1.88. The van der Waals surface area contributed by atoms with Crippen molar-refractivity contribution in [3.63, 3.8) is 0 Å². The van der Waals surface area contributed by atoms with Crippen LogP contribution in [0, 0.1) is 0 Å². The Hall–Kier alpha value is -2.07. The van der Waals surface area contributed by atoms with Gasteiger partial charge in [-0.2, -0.15) is 25.3 Å². The number of nitrogens with one attached hydrogen (secondary N) is 4. The molecule has 0 bridgehead atoms.